The molecule has 0 unspecified atom stereocenters. The number of hydrogen-bond donors (Lipinski definition) is 1. The van der Waals surface area contributed by atoms with Crippen LogP contribution in [0, 0.1) is 6.92 Å². The highest BCUT2D eigenvalue weighted by Crippen LogP contribution is 2.28. The molecule has 0 bridgehead atoms. The minimum absolute atomic E-state index is 0.0974. The summed E-state index contributed by atoms with van der Waals surface area (Å²) in [6.45, 7) is 1.66. The van der Waals surface area contributed by atoms with Gasteiger partial charge >= 0.3 is 5.97 Å². The summed E-state index contributed by atoms with van der Waals surface area (Å²) in [7, 11) is 0. The summed E-state index contributed by atoms with van der Waals surface area (Å²) in [6, 6.07) is 6.90. The minimum Gasteiger partial charge on any atom is -0.476 e. The Morgan fingerprint density at radius 3 is 2.88 bits per heavy atom. The molecule has 0 aliphatic rings. The Hall–Kier alpha value is -1.81. The molecule has 1 N–H and O–H groups in total. The molecular formula is C11H8ClNO3. The van der Waals surface area contributed by atoms with Crippen molar-refractivity contribution in [3.63, 3.8) is 0 Å². The zero-order valence-electron chi connectivity index (χ0n) is 8.40. The number of carboxylic acid groups (broad SMARTS) is 1. The fourth-order valence-electron chi connectivity index (χ4n) is 1.50. The topological polar surface area (TPSA) is 63.3 Å². The van der Waals surface area contributed by atoms with Gasteiger partial charge in [0.25, 0.3) is 0 Å². The van der Waals surface area contributed by atoms with Gasteiger partial charge in [0, 0.05) is 5.02 Å². The Morgan fingerprint density at radius 2 is 2.25 bits per heavy atom. The van der Waals surface area contributed by atoms with Crippen molar-refractivity contribution in [1.82, 2.24) is 5.16 Å². The third kappa shape index (κ3) is 1.79. The van der Waals surface area contributed by atoms with Gasteiger partial charge in [0.1, 0.15) is 5.76 Å². The van der Waals surface area contributed by atoms with E-state index in [0.29, 0.717) is 21.9 Å². The largest absolute Gasteiger partial charge is 0.476 e. The smallest absolute Gasteiger partial charge is 0.358 e. The first-order valence-electron chi connectivity index (χ1n) is 4.55. The lowest BCUT2D eigenvalue weighted by atomic mass is 10.0. The van der Waals surface area contributed by atoms with Crippen LogP contribution in [0.2, 0.25) is 5.02 Å². The number of nitrogens with zero attached hydrogens (tertiary/aromatic N) is 1. The summed E-state index contributed by atoms with van der Waals surface area (Å²) in [6.07, 6.45) is 0. The molecule has 4 nitrogen and oxygen atoms in total. The number of benzene rings is 1. The molecule has 0 fully saturated rings. The van der Waals surface area contributed by atoms with Gasteiger partial charge in [-0.25, -0.2) is 4.79 Å². The molecule has 1 heterocycles. The van der Waals surface area contributed by atoms with Crippen molar-refractivity contribution >= 4 is 17.6 Å². The monoisotopic (exact) mass is 237 g/mol. The maximum atomic E-state index is 10.9. The van der Waals surface area contributed by atoms with Crippen LogP contribution >= 0.6 is 11.6 Å². The Balaban J connectivity index is 2.63. The molecule has 0 atom stereocenters. The first-order chi connectivity index (χ1) is 7.59. The predicted octanol–water partition coefficient (Wildman–Crippen LogP) is 3.00. The van der Waals surface area contributed by atoms with Crippen molar-refractivity contribution in [3.05, 3.63) is 40.7 Å². The number of carbonyl (C=O) groups is 1. The number of aromatic carboxylic acids is 1. The van der Waals surface area contributed by atoms with E-state index in [9.17, 15) is 4.79 Å². The predicted molar refractivity (Wildman–Crippen MR) is 58.6 cm³/mol. The molecule has 0 amide bonds. The third-order valence-corrected chi connectivity index (χ3v) is 2.41. The van der Waals surface area contributed by atoms with Crippen molar-refractivity contribution in [2.24, 2.45) is 0 Å². The Bertz CT molecular complexity index is 548. The SMILES string of the molecule is Cc1onc(C(=O)O)c1-c1cccc(Cl)c1. The van der Waals surface area contributed by atoms with Crippen LogP contribution in [-0.4, -0.2) is 16.2 Å². The van der Waals surface area contributed by atoms with Crippen molar-refractivity contribution < 1.29 is 14.4 Å². The van der Waals surface area contributed by atoms with Crippen molar-refractivity contribution in [2.75, 3.05) is 0 Å². The molecule has 0 radical (unpaired) electrons. The van der Waals surface area contributed by atoms with Crippen LogP contribution in [0.25, 0.3) is 11.1 Å². The van der Waals surface area contributed by atoms with Crippen molar-refractivity contribution in [2.45, 2.75) is 6.92 Å². The van der Waals surface area contributed by atoms with Crippen molar-refractivity contribution in [1.29, 1.82) is 0 Å². The third-order valence-electron chi connectivity index (χ3n) is 2.18. The first kappa shape index (κ1) is 10.7. The molecule has 82 valence electrons. The molecule has 2 rings (SSSR count). The average Bonchev–Trinajstić information content (AvgIpc) is 2.60. The van der Waals surface area contributed by atoms with E-state index < -0.39 is 5.97 Å². The molecule has 16 heavy (non-hydrogen) atoms. The number of hydrogen-bond acceptors (Lipinski definition) is 3. The Kier molecular flexibility index (Phi) is 2.66. The Morgan fingerprint density at radius 1 is 1.50 bits per heavy atom. The lowest BCUT2D eigenvalue weighted by Gasteiger charge is -2.00. The van der Waals surface area contributed by atoms with Crippen LogP contribution in [0.5, 0.6) is 0 Å². The number of carboxylic acids is 1. The second-order valence-electron chi connectivity index (χ2n) is 3.28. The van der Waals surface area contributed by atoms with Crippen LogP contribution in [0.1, 0.15) is 16.2 Å². The van der Waals surface area contributed by atoms with Crippen LogP contribution in [0.4, 0.5) is 0 Å². The number of halogens is 1. The normalized spacial score (nSPS) is 10.4. The van der Waals surface area contributed by atoms with E-state index >= 15 is 0 Å². The van der Waals surface area contributed by atoms with Gasteiger partial charge in [-0.3, -0.25) is 0 Å². The fourth-order valence-corrected chi connectivity index (χ4v) is 1.69. The van der Waals surface area contributed by atoms with E-state index in [-0.39, 0.29) is 5.69 Å². The number of aryl methyl sites for hydroxylation is 1. The molecule has 1 aromatic heterocycles. The molecular weight excluding hydrogens is 230 g/mol. The van der Waals surface area contributed by atoms with Gasteiger partial charge in [0.15, 0.2) is 5.69 Å². The van der Waals surface area contributed by atoms with Gasteiger partial charge in [0.2, 0.25) is 0 Å². The summed E-state index contributed by atoms with van der Waals surface area (Å²) in [5, 5.41) is 13.0. The molecule has 0 aliphatic heterocycles. The van der Waals surface area contributed by atoms with Gasteiger partial charge in [-0.15, -0.1) is 0 Å². The van der Waals surface area contributed by atoms with Gasteiger partial charge in [-0.2, -0.15) is 0 Å². The van der Waals surface area contributed by atoms with Crippen LogP contribution in [-0.2, 0) is 0 Å². The summed E-state index contributed by atoms with van der Waals surface area (Å²) in [5.41, 5.74) is 1.05. The summed E-state index contributed by atoms with van der Waals surface area (Å²) in [5.74, 6) is -0.661. The first-order valence-corrected chi connectivity index (χ1v) is 4.93. The van der Waals surface area contributed by atoms with Crippen molar-refractivity contribution in [3.8, 4) is 11.1 Å². The van der Waals surface area contributed by atoms with E-state index in [1.165, 1.54) is 0 Å². The molecule has 1 aromatic carbocycles. The molecule has 0 saturated heterocycles. The zero-order chi connectivity index (χ0) is 11.7. The van der Waals surface area contributed by atoms with Gasteiger partial charge in [-0.1, -0.05) is 28.9 Å². The minimum atomic E-state index is -1.12. The number of rotatable bonds is 2. The Labute approximate surface area is 96.4 Å². The highest BCUT2D eigenvalue weighted by Gasteiger charge is 2.20. The lowest BCUT2D eigenvalue weighted by molar-refractivity contribution is 0.0686. The average molecular weight is 238 g/mol. The van der Waals surface area contributed by atoms with Gasteiger partial charge in [-0.05, 0) is 24.6 Å². The highest BCUT2D eigenvalue weighted by atomic mass is 35.5. The zero-order valence-corrected chi connectivity index (χ0v) is 9.15. The molecule has 5 heteroatoms. The summed E-state index contributed by atoms with van der Waals surface area (Å²) >= 11 is 5.85. The second-order valence-corrected chi connectivity index (χ2v) is 3.71. The standard InChI is InChI=1S/C11H8ClNO3/c1-6-9(10(11(14)15)13-16-6)7-3-2-4-8(12)5-7/h2-5H,1H3,(H,14,15). The van der Waals surface area contributed by atoms with Crippen LogP contribution < -0.4 is 0 Å². The molecule has 0 saturated carbocycles. The second kappa shape index (κ2) is 3.98. The van der Waals surface area contributed by atoms with Crippen LogP contribution in [0.3, 0.4) is 0 Å². The van der Waals surface area contributed by atoms with E-state index in [0.717, 1.165) is 0 Å². The molecule has 0 spiro atoms. The maximum absolute atomic E-state index is 10.9. The molecule has 0 aliphatic carbocycles. The summed E-state index contributed by atoms with van der Waals surface area (Å²) in [4.78, 5) is 10.9. The summed E-state index contributed by atoms with van der Waals surface area (Å²) < 4.78 is 4.88. The molecule has 2 aromatic rings. The number of aromatic nitrogens is 1. The quantitative estimate of drug-likeness (QED) is 0.872. The van der Waals surface area contributed by atoms with E-state index in [2.05, 4.69) is 5.16 Å². The van der Waals surface area contributed by atoms with E-state index in [1.54, 1.807) is 31.2 Å². The lowest BCUT2D eigenvalue weighted by Crippen LogP contribution is -1.98. The van der Waals surface area contributed by atoms with Gasteiger partial charge < -0.3 is 9.63 Å². The van der Waals surface area contributed by atoms with Crippen LogP contribution in [0.15, 0.2) is 28.8 Å². The fraction of sp³-hybridized carbons (Fsp3) is 0.0909. The maximum Gasteiger partial charge on any atom is 0.358 e. The van der Waals surface area contributed by atoms with E-state index in [4.69, 9.17) is 21.2 Å². The highest BCUT2D eigenvalue weighted by molar-refractivity contribution is 6.30. The van der Waals surface area contributed by atoms with E-state index in [1.807, 2.05) is 0 Å². The van der Waals surface area contributed by atoms with Gasteiger partial charge in [0.05, 0.1) is 5.56 Å².